The molecule has 1 aliphatic rings. The van der Waals surface area contributed by atoms with Gasteiger partial charge < -0.3 is 9.80 Å². The normalized spacial score (nSPS) is 19.2. The Hall–Kier alpha value is -1.67. The Morgan fingerprint density at radius 1 is 1.36 bits per heavy atom. The predicted molar refractivity (Wildman–Crippen MR) is 85.5 cm³/mol. The van der Waals surface area contributed by atoms with Gasteiger partial charge in [-0.2, -0.15) is 0 Å². The van der Waals surface area contributed by atoms with Crippen LogP contribution in [0.5, 0.6) is 0 Å². The number of anilines is 1. The van der Waals surface area contributed by atoms with Gasteiger partial charge in [0.15, 0.2) is 0 Å². The Labute approximate surface area is 131 Å². The molecule has 8 heteroatoms. The smallest absolute Gasteiger partial charge is 0.257 e. The molecule has 0 aromatic carbocycles. The lowest BCUT2D eigenvalue weighted by molar-refractivity contribution is 0.0740. The lowest BCUT2D eigenvalue weighted by Crippen LogP contribution is -2.40. The van der Waals surface area contributed by atoms with Crippen LogP contribution >= 0.6 is 0 Å². The molecule has 22 heavy (non-hydrogen) atoms. The number of hydrogen-bond donors (Lipinski definition) is 0. The number of amides is 1. The number of carbonyl (C=O) groups excluding carboxylic acids is 1. The topological polar surface area (TPSA) is 73.8 Å². The molecule has 1 fully saturated rings. The fraction of sp³-hybridized carbons (Fsp3) is 0.571. The third-order valence-electron chi connectivity index (χ3n) is 3.97. The average molecular weight is 326 g/mol. The molecule has 0 aliphatic carbocycles. The SMILES string of the molecule is CN(C)c1ccncc1C(=O)N(C)C1CCN(S(C)(=O)=O)C1. The summed E-state index contributed by atoms with van der Waals surface area (Å²) in [5.74, 6) is -0.142. The van der Waals surface area contributed by atoms with Gasteiger partial charge in [-0.3, -0.25) is 9.78 Å². The van der Waals surface area contributed by atoms with E-state index in [1.165, 1.54) is 10.6 Å². The van der Waals surface area contributed by atoms with Crippen LogP contribution in [0.3, 0.4) is 0 Å². The van der Waals surface area contributed by atoms with E-state index in [0.29, 0.717) is 25.1 Å². The lowest BCUT2D eigenvalue weighted by atomic mass is 10.1. The molecular weight excluding hydrogens is 304 g/mol. The van der Waals surface area contributed by atoms with Crippen LogP contribution in [0.4, 0.5) is 5.69 Å². The number of carbonyl (C=O) groups is 1. The van der Waals surface area contributed by atoms with Gasteiger partial charge in [0, 0.05) is 52.7 Å². The molecule has 0 radical (unpaired) electrons. The van der Waals surface area contributed by atoms with Crippen molar-refractivity contribution < 1.29 is 13.2 Å². The van der Waals surface area contributed by atoms with Crippen molar-refractivity contribution in [3.63, 3.8) is 0 Å². The van der Waals surface area contributed by atoms with Crippen LogP contribution < -0.4 is 4.90 Å². The Balaban J connectivity index is 2.17. The number of nitrogens with zero attached hydrogens (tertiary/aromatic N) is 4. The summed E-state index contributed by atoms with van der Waals surface area (Å²) < 4.78 is 24.6. The third kappa shape index (κ3) is 3.38. The first kappa shape index (κ1) is 16.7. The zero-order valence-electron chi connectivity index (χ0n) is 13.4. The minimum atomic E-state index is -3.21. The molecule has 0 saturated carbocycles. The Kier molecular flexibility index (Phi) is 4.72. The molecule has 0 spiro atoms. The van der Waals surface area contributed by atoms with Gasteiger partial charge in [0.25, 0.3) is 5.91 Å². The highest BCUT2D eigenvalue weighted by Gasteiger charge is 2.33. The Bertz CT molecular complexity index is 660. The molecule has 2 rings (SSSR count). The fourth-order valence-corrected chi connectivity index (χ4v) is 3.51. The maximum absolute atomic E-state index is 12.7. The van der Waals surface area contributed by atoms with Crippen LogP contribution in [0.15, 0.2) is 18.5 Å². The van der Waals surface area contributed by atoms with Crippen LogP contribution in [0.2, 0.25) is 0 Å². The summed E-state index contributed by atoms with van der Waals surface area (Å²) in [4.78, 5) is 20.2. The lowest BCUT2D eigenvalue weighted by Gasteiger charge is -2.26. The summed E-state index contributed by atoms with van der Waals surface area (Å²) in [6, 6.07) is 1.68. The summed E-state index contributed by atoms with van der Waals surface area (Å²) >= 11 is 0. The molecule has 122 valence electrons. The van der Waals surface area contributed by atoms with Crippen molar-refractivity contribution in [2.75, 3.05) is 45.4 Å². The molecule has 1 aromatic rings. The quantitative estimate of drug-likeness (QED) is 0.793. The van der Waals surface area contributed by atoms with Crippen molar-refractivity contribution in [3.8, 4) is 0 Å². The van der Waals surface area contributed by atoms with Gasteiger partial charge in [-0.25, -0.2) is 12.7 Å². The summed E-state index contributed by atoms with van der Waals surface area (Å²) in [7, 11) is 2.24. The second-order valence-corrected chi connectivity index (χ2v) is 7.75. The van der Waals surface area contributed by atoms with E-state index < -0.39 is 10.0 Å². The van der Waals surface area contributed by atoms with Gasteiger partial charge in [-0.15, -0.1) is 0 Å². The second kappa shape index (κ2) is 6.21. The van der Waals surface area contributed by atoms with Crippen molar-refractivity contribution in [1.82, 2.24) is 14.2 Å². The van der Waals surface area contributed by atoms with E-state index in [4.69, 9.17) is 0 Å². The first-order valence-corrected chi connectivity index (χ1v) is 8.90. The highest BCUT2D eigenvalue weighted by molar-refractivity contribution is 7.88. The number of hydrogen-bond acceptors (Lipinski definition) is 5. The predicted octanol–water partition coefficient (Wildman–Crippen LogP) is 0.254. The maximum Gasteiger partial charge on any atom is 0.257 e. The zero-order valence-corrected chi connectivity index (χ0v) is 14.2. The van der Waals surface area contributed by atoms with Crippen molar-refractivity contribution >= 4 is 21.6 Å². The summed E-state index contributed by atoms with van der Waals surface area (Å²) in [5.41, 5.74) is 1.32. The molecule has 1 amide bonds. The Morgan fingerprint density at radius 2 is 2.05 bits per heavy atom. The van der Waals surface area contributed by atoms with Gasteiger partial charge in [0.2, 0.25) is 10.0 Å². The van der Waals surface area contributed by atoms with Crippen LogP contribution in [0.1, 0.15) is 16.8 Å². The monoisotopic (exact) mass is 326 g/mol. The van der Waals surface area contributed by atoms with Crippen LogP contribution in [-0.4, -0.2) is 75.0 Å². The van der Waals surface area contributed by atoms with E-state index in [1.54, 1.807) is 30.4 Å². The molecular formula is C14H22N4O3S. The standard InChI is InChI=1S/C14H22N4O3S/c1-16(2)13-5-7-15-9-12(13)14(19)17(3)11-6-8-18(10-11)22(4,20)21/h5,7,9,11H,6,8,10H2,1-4H3. The molecule has 1 saturated heterocycles. The number of pyridine rings is 1. The third-order valence-corrected chi connectivity index (χ3v) is 5.24. The first-order chi connectivity index (χ1) is 10.2. The largest absolute Gasteiger partial charge is 0.377 e. The van der Waals surface area contributed by atoms with Gasteiger partial charge >= 0.3 is 0 Å². The van der Waals surface area contributed by atoms with Gasteiger partial charge in [-0.05, 0) is 12.5 Å². The van der Waals surface area contributed by atoms with Crippen LogP contribution in [-0.2, 0) is 10.0 Å². The molecule has 1 aliphatic heterocycles. The highest BCUT2D eigenvalue weighted by atomic mass is 32.2. The highest BCUT2D eigenvalue weighted by Crippen LogP contribution is 2.22. The molecule has 0 bridgehead atoms. The van der Waals surface area contributed by atoms with E-state index >= 15 is 0 Å². The molecule has 1 atom stereocenters. The maximum atomic E-state index is 12.7. The molecule has 2 heterocycles. The molecule has 7 nitrogen and oxygen atoms in total. The molecule has 1 unspecified atom stereocenters. The van der Waals surface area contributed by atoms with E-state index in [0.717, 1.165) is 5.69 Å². The zero-order chi connectivity index (χ0) is 16.5. The van der Waals surface area contributed by atoms with Crippen molar-refractivity contribution in [1.29, 1.82) is 0 Å². The van der Waals surface area contributed by atoms with Crippen LogP contribution in [0, 0.1) is 0 Å². The van der Waals surface area contributed by atoms with E-state index in [1.807, 2.05) is 19.0 Å². The number of sulfonamides is 1. The average Bonchev–Trinajstić information content (AvgIpc) is 2.95. The molecule has 1 aromatic heterocycles. The van der Waals surface area contributed by atoms with Crippen LogP contribution in [0.25, 0.3) is 0 Å². The van der Waals surface area contributed by atoms with E-state index in [2.05, 4.69) is 4.98 Å². The van der Waals surface area contributed by atoms with Gasteiger partial charge in [0.05, 0.1) is 17.5 Å². The number of likely N-dealkylation sites (N-methyl/N-ethyl adjacent to an activating group) is 1. The van der Waals surface area contributed by atoms with Crippen molar-refractivity contribution in [3.05, 3.63) is 24.0 Å². The van der Waals surface area contributed by atoms with E-state index in [9.17, 15) is 13.2 Å². The van der Waals surface area contributed by atoms with Crippen molar-refractivity contribution in [2.24, 2.45) is 0 Å². The van der Waals surface area contributed by atoms with Gasteiger partial charge in [0.1, 0.15) is 0 Å². The summed E-state index contributed by atoms with van der Waals surface area (Å²) in [5, 5.41) is 0. The minimum absolute atomic E-state index is 0.113. The number of rotatable bonds is 4. The summed E-state index contributed by atoms with van der Waals surface area (Å²) in [6.45, 7) is 0.799. The number of aromatic nitrogens is 1. The fourth-order valence-electron chi connectivity index (χ4n) is 2.63. The van der Waals surface area contributed by atoms with Gasteiger partial charge in [-0.1, -0.05) is 0 Å². The Morgan fingerprint density at radius 3 is 2.59 bits per heavy atom. The van der Waals surface area contributed by atoms with E-state index in [-0.39, 0.29) is 11.9 Å². The second-order valence-electron chi connectivity index (χ2n) is 5.77. The summed E-state index contributed by atoms with van der Waals surface area (Å²) in [6.07, 6.45) is 5.04. The first-order valence-electron chi connectivity index (χ1n) is 7.05. The minimum Gasteiger partial charge on any atom is -0.377 e. The molecule has 0 N–H and O–H groups in total. The van der Waals surface area contributed by atoms with Crippen molar-refractivity contribution in [2.45, 2.75) is 12.5 Å².